The third-order valence-electron chi connectivity index (χ3n) is 4.60. The fraction of sp³-hybridized carbons (Fsp3) is 0.444. The lowest BCUT2D eigenvalue weighted by molar-refractivity contribution is 0.0855. The summed E-state index contributed by atoms with van der Waals surface area (Å²) in [6, 6.07) is 10.5. The van der Waals surface area contributed by atoms with Gasteiger partial charge in [0.1, 0.15) is 5.69 Å². The summed E-state index contributed by atoms with van der Waals surface area (Å²) in [5.41, 5.74) is 7.61. The van der Waals surface area contributed by atoms with Crippen molar-refractivity contribution < 1.29 is 4.79 Å². The Hall–Kier alpha value is -1.43. The lowest BCUT2D eigenvalue weighted by Crippen LogP contribution is -2.43. The highest BCUT2D eigenvalue weighted by atomic mass is 35.5. The zero-order valence-corrected chi connectivity index (χ0v) is 15.3. The molecule has 0 radical (unpaired) electrons. The second-order valence-electron chi connectivity index (χ2n) is 6.36. The zero-order chi connectivity index (χ0) is 16.1. The van der Waals surface area contributed by atoms with E-state index in [1.165, 1.54) is 36.2 Å². The zero-order valence-electron chi connectivity index (χ0n) is 13.7. The van der Waals surface area contributed by atoms with Gasteiger partial charge < -0.3 is 11.1 Å². The molecule has 1 heterocycles. The van der Waals surface area contributed by atoms with E-state index in [1.54, 1.807) is 0 Å². The van der Waals surface area contributed by atoms with E-state index in [2.05, 4.69) is 34.6 Å². The van der Waals surface area contributed by atoms with Crippen molar-refractivity contribution in [3.63, 3.8) is 0 Å². The number of nitrogens with zero attached hydrogens (tertiary/aromatic N) is 1. The van der Waals surface area contributed by atoms with Crippen LogP contribution in [0.2, 0.25) is 0 Å². The van der Waals surface area contributed by atoms with Gasteiger partial charge in [-0.3, -0.25) is 4.79 Å². The van der Waals surface area contributed by atoms with Crippen molar-refractivity contribution in [2.24, 2.45) is 11.1 Å². The first-order valence-corrected chi connectivity index (χ1v) is 9.05. The van der Waals surface area contributed by atoms with Gasteiger partial charge in [0.2, 0.25) is 0 Å². The van der Waals surface area contributed by atoms with Crippen molar-refractivity contribution in [1.82, 2.24) is 10.3 Å². The molecule has 1 aromatic heterocycles. The summed E-state index contributed by atoms with van der Waals surface area (Å²) in [7, 11) is 0. The standard InChI is InChI=1S/C18H23N3OS.ClH/c19-10-7-16-21-15(12-23-16)17(22)20-13-18(8-4-9-18)11-14-5-2-1-3-6-14;/h1-3,5-6,12H,4,7-11,13,19H2,(H,20,22);1H. The van der Waals surface area contributed by atoms with Crippen LogP contribution in [0.3, 0.4) is 0 Å². The number of hydrogen-bond donors (Lipinski definition) is 2. The van der Waals surface area contributed by atoms with E-state index in [0.717, 1.165) is 24.4 Å². The van der Waals surface area contributed by atoms with E-state index in [4.69, 9.17) is 5.73 Å². The van der Waals surface area contributed by atoms with Crippen LogP contribution in [0.25, 0.3) is 0 Å². The molecule has 24 heavy (non-hydrogen) atoms. The van der Waals surface area contributed by atoms with E-state index >= 15 is 0 Å². The summed E-state index contributed by atoms with van der Waals surface area (Å²) in [6.07, 6.45) is 5.37. The minimum Gasteiger partial charge on any atom is -0.350 e. The molecule has 0 atom stereocenters. The third kappa shape index (κ3) is 4.56. The van der Waals surface area contributed by atoms with Gasteiger partial charge in [0.15, 0.2) is 0 Å². The Bertz CT molecular complexity index is 655. The van der Waals surface area contributed by atoms with Crippen LogP contribution in [0, 0.1) is 5.41 Å². The minimum absolute atomic E-state index is 0. The Balaban J connectivity index is 0.00000208. The molecule has 3 N–H and O–H groups in total. The molecule has 1 aliphatic carbocycles. The van der Waals surface area contributed by atoms with Crippen LogP contribution in [0.5, 0.6) is 0 Å². The van der Waals surface area contributed by atoms with Crippen LogP contribution in [0.15, 0.2) is 35.7 Å². The van der Waals surface area contributed by atoms with Crippen LogP contribution in [-0.4, -0.2) is 24.0 Å². The summed E-state index contributed by atoms with van der Waals surface area (Å²) in [4.78, 5) is 16.7. The fourth-order valence-corrected chi connectivity index (χ4v) is 3.93. The summed E-state index contributed by atoms with van der Waals surface area (Å²) in [6.45, 7) is 1.29. The monoisotopic (exact) mass is 365 g/mol. The van der Waals surface area contributed by atoms with Gasteiger partial charge in [0, 0.05) is 18.3 Å². The second kappa shape index (κ2) is 8.60. The Morgan fingerprint density at radius 1 is 1.29 bits per heavy atom. The molecule has 1 saturated carbocycles. The van der Waals surface area contributed by atoms with Crippen LogP contribution >= 0.6 is 23.7 Å². The van der Waals surface area contributed by atoms with Gasteiger partial charge in [-0.25, -0.2) is 4.98 Å². The average molecular weight is 366 g/mol. The number of carbonyl (C=O) groups excluding carboxylic acids is 1. The number of carbonyl (C=O) groups is 1. The molecule has 6 heteroatoms. The van der Waals surface area contributed by atoms with E-state index in [1.807, 2.05) is 11.4 Å². The lowest BCUT2D eigenvalue weighted by atomic mass is 9.65. The quantitative estimate of drug-likeness (QED) is 0.791. The topological polar surface area (TPSA) is 68.0 Å². The molecular formula is C18H24ClN3OS. The number of amides is 1. The number of aromatic nitrogens is 1. The van der Waals surface area contributed by atoms with Gasteiger partial charge in [-0.05, 0) is 36.8 Å². The van der Waals surface area contributed by atoms with E-state index < -0.39 is 0 Å². The molecule has 0 saturated heterocycles. The molecule has 2 aromatic rings. The van der Waals surface area contributed by atoms with Crippen molar-refractivity contribution in [3.05, 3.63) is 52.0 Å². The summed E-state index contributed by atoms with van der Waals surface area (Å²) < 4.78 is 0. The van der Waals surface area contributed by atoms with E-state index in [-0.39, 0.29) is 23.7 Å². The highest BCUT2D eigenvalue weighted by molar-refractivity contribution is 7.09. The highest BCUT2D eigenvalue weighted by Gasteiger charge is 2.37. The molecule has 1 fully saturated rings. The molecule has 1 amide bonds. The summed E-state index contributed by atoms with van der Waals surface area (Å²) in [5.74, 6) is -0.0659. The minimum atomic E-state index is -0.0659. The first-order valence-electron chi connectivity index (χ1n) is 8.17. The predicted octanol–water partition coefficient (Wildman–Crippen LogP) is 3.21. The van der Waals surface area contributed by atoms with E-state index in [9.17, 15) is 4.79 Å². The van der Waals surface area contributed by atoms with Gasteiger partial charge in [-0.1, -0.05) is 36.8 Å². The SMILES string of the molecule is Cl.NCCc1nc(C(=O)NCC2(Cc3ccccc3)CCC2)cs1. The number of thiazole rings is 1. The maximum atomic E-state index is 12.3. The van der Waals surface area contributed by atoms with Crippen LogP contribution in [-0.2, 0) is 12.8 Å². The number of hydrogen-bond acceptors (Lipinski definition) is 4. The Labute approximate surface area is 153 Å². The Morgan fingerprint density at radius 2 is 2.04 bits per heavy atom. The predicted molar refractivity (Wildman–Crippen MR) is 101 cm³/mol. The molecule has 3 rings (SSSR count). The van der Waals surface area contributed by atoms with Gasteiger partial charge in [-0.15, -0.1) is 23.7 Å². The summed E-state index contributed by atoms with van der Waals surface area (Å²) >= 11 is 1.51. The smallest absolute Gasteiger partial charge is 0.270 e. The first kappa shape index (κ1) is 18.9. The number of benzene rings is 1. The number of halogens is 1. The largest absolute Gasteiger partial charge is 0.350 e. The van der Waals surface area contributed by atoms with Crippen molar-refractivity contribution in [2.45, 2.75) is 32.1 Å². The van der Waals surface area contributed by atoms with Crippen molar-refractivity contribution in [2.75, 3.05) is 13.1 Å². The molecule has 1 aliphatic rings. The number of nitrogens with two attached hydrogens (primary N) is 1. The Morgan fingerprint density at radius 3 is 2.67 bits per heavy atom. The molecule has 0 aliphatic heterocycles. The van der Waals surface area contributed by atoms with Gasteiger partial charge in [0.25, 0.3) is 5.91 Å². The lowest BCUT2D eigenvalue weighted by Gasteiger charge is -2.42. The van der Waals surface area contributed by atoms with Crippen molar-refractivity contribution in [3.8, 4) is 0 Å². The molecule has 0 unspecified atom stereocenters. The number of nitrogens with one attached hydrogen (secondary N) is 1. The van der Waals surface area contributed by atoms with Gasteiger partial charge in [0.05, 0.1) is 5.01 Å². The number of rotatable bonds is 7. The maximum absolute atomic E-state index is 12.3. The molecular weight excluding hydrogens is 342 g/mol. The molecule has 0 spiro atoms. The highest BCUT2D eigenvalue weighted by Crippen LogP contribution is 2.43. The normalized spacial score (nSPS) is 15.2. The van der Waals surface area contributed by atoms with Gasteiger partial charge >= 0.3 is 0 Å². The average Bonchev–Trinajstić information content (AvgIpc) is 3.00. The second-order valence-corrected chi connectivity index (χ2v) is 7.31. The molecule has 1 aromatic carbocycles. The van der Waals surface area contributed by atoms with Crippen LogP contribution < -0.4 is 11.1 Å². The molecule has 0 bridgehead atoms. The van der Waals surface area contributed by atoms with Crippen LogP contribution in [0.4, 0.5) is 0 Å². The molecule has 130 valence electrons. The summed E-state index contributed by atoms with van der Waals surface area (Å²) in [5, 5.41) is 5.85. The van der Waals surface area contributed by atoms with Crippen molar-refractivity contribution >= 4 is 29.7 Å². The van der Waals surface area contributed by atoms with Crippen molar-refractivity contribution in [1.29, 1.82) is 0 Å². The van der Waals surface area contributed by atoms with Gasteiger partial charge in [-0.2, -0.15) is 0 Å². The van der Waals surface area contributed by atoms with Crippen LogP contribution in [0.1, 0.15) is 40.3 Å². The molecule has 4 nitrogen and oxygen atoms in total. The fourth-order valence-electron chi connectivity index (χ4n) is 3.13. The van der Waals surface area contributed by atoms with E-state index in [0.29, 0.717) is 12.2 Å². The Kier molecular flexibility index (Phi) is 6.78. The third-order valence-corrected chi connectivity index (χ3v) is 5.51. The maximum Gasteiger partial charge on any atom is 0.270 e. The first-order chi connectivity index (χ1) is 11.2.